The lowest BCUT2D eigenvalue weighted by atomic mass is 9.86. The van der Waals surface area contributed by atoms with Crippen molar-refractivity contribution in [3.8, 4) is 11.5 Å². The normalized spacial score (nSPS) is 16.6. The fourth-order valence-corrected chi connectivity index (χ4v) is 4.77. The van der Waals surface area contributed by atoms with E-state index in [1.54, 1.807) is 7.11 Å². The van der Waals surface area contributed by atoms with Gasteiger partial charge in [-0.05, 0) is 66.8 Å². The van der Waals surface area contributed by atoms with E-state index in [1.807, 2.05) is 66.4 Å². The Morgan fingerprint density at radius 1 is 1.05 bits per heavy atom. The summed E-state index contributed by atoms with van der Waals surface area (Å²) in [4.78, 5) is 26.2. The number of carbonyl (C=O) groups excluding carboxylic acids is 2. The minimum atomic E-state index is -0.295. The second-order valence-corrected chi connectivity index (χ2v) is 9.52. The molecular formula is C31H36N2O4. The van der Waals surface area contributed by atoms with E-state index in [1.165, 1.54) is 0 Å². The predicted octanol–water partition coefficient (Wildman–Crippen LogP) is 5.79. The van der Waals surface area contributed by atoms with Crippen LogP contribution in [0.4, 0.5) is 5.69 Å². The van der Waals surface area contributed by atoms with E-state index < -0.39 is 0 Å². The molecule has 37 heavy (non-hydrogen) atoms. The highest BCUT2D eigenvalue weighted by Crippen LogP contribution is 2.43. The summed E-state index contributed by atoms with van der Waals surface area (Å²) in [6.45, 7) is 6.83. The van der Waals surface area contributed by atoms with E-state index in [4.69, 9.17) is 9.47 Å². The molecule has 1 N–H and O–H groups in total. The Bertz CT molecular complexity index is 1210. The standard InChI is InChI=1S/C31H36N2O4/c1-5-21(2)37-29-20-27-25(18-28(29)36-4)19-30(35)33(31(27)24-10-7-6-8-11-24)26-14-12-23(13-15-26)22(3)32-16-9-17-34/h6-8,10-15,17-18,20-22,31-32H,5,9,16,19H2,1-4H3. The van der Waals surface area contributed by atoms with Crippen molar-refractivity contribution in [3.05, 3.63) is 89.0 Å². The van der Waals surface area contributed by atoms with E-state index in [-0.39, 0.29) is 30.5 Å². The Balaban J connectivity index is 1.76. The molecule has 3 aromatic rings. The molecule has 0 saturated carbocycles. The molecule has 1 aliphatic heterocycles. The Kier molecular flexibility index (Phi) is 8.62. The SMILES string of the molecule is CCC(C)Oc1cc2c(cc1OC)CC(=O)N(c1ccc(C(C)NCCC=O)cc1)C2c1ccccc1. The molecule has 3 atom stereocenters. The van der Waals surface area contributed by atoms with Gasteiger partial charge in [0.25, 0.3) is 0 Å². The molecule has 1 heterocycles. The summed E-state index contributed by atoms with van der Waals surface area (Å²) in [5, 5.41) is 3.35. The van der Waals surface area contributed by atoms with Gasteiger partial charge in [0.05, 0.1) is 25.7 Å². The van der Waals surface area contributed by atoms with Gasteiger partial charge in [-0.25, -0.2) is 0 Å². The molecule has 0 bridgehead atoms. The molecule has 0 radical (unpaired) electrons. The van der Waals surface area contributed by atoms with Crippen LogP contribution in [-0.2, 0) is 16.0 Å². The molecule has 0 fully saturated rings. The number of nitrogens with one attached hydrogen (secondary N) is 1. The van der Waals surface area contributed by atoms with Crippen molar-refractivity contribution in [2.75, 3.05) is 18.6 Å². The predicted molar refractivity (Wildman–Crippen MR) is 146 cm³/mol. The van der Waals surface area contributed by atoms with Crippen LogP contribution in [0.3, 0.4) is 0 Å². The van der Waals surface area contributed by atoms with Crippen molar-refractivity contribution < 1.29 is 19.1 Å². The lowest BCUT2D eigenvalue weighted by Crippen LogP contribution is -2.41. The smallest absolute Gasteiger partial charge is 0.232 e. The van der Waals surface area contributed by atoms with Crippen molar-refractivity contribution in [1.29, 1.82) is 0 Å². The highest BCUT2D eigenvalue weighted by atomic mass is 16.5. The maximum atomic E-state index is 13.7. The first-order valence-corrected chi connectivity index (χ1v) is 13.0. The average Bonchev–Trinajstić information content (AvgIpc) is 2.92. The van der Waals surface area contributed by atoms with E-state index in [0.29, 0.717) is 24.5 Å². The lowest BCUT2D eigenvalue weighted by Gasteiger charge is -2.38. The summed E-state index contributed by atoms with van der Waals surface area (Å²) in [6.07, 6.45) is 2.60. The molecular weight excluding hydrogens is 464 g/mol. The topological polar surface area (TPSA) is 67.9 Å². The van der Waals surface area contributed by atoms with Crippen LogP contribution in [0.25, 0.3) is 0 Å². The van der Waals surface area contributed by atoms with Gasteiger partial charge in [0.2, 0.25) is 5.91 Å². The van der Waals surface area contributed by atoms with Crippen LogP contribution >= 0.6 is 0 Å². The number of benzene rings is 3. The van der Waals surface area contributed by atoms with Gasteiger partial charge in [0.15, 0.2) is 11.5 Å². The maximum absolute atomic E-state index is 13.7. The zero-order valence-corrected chi connectivity index (χ0v) is 22.1. The number of carbonyl (C=O) groups is 2. The Hall–Kier alpha value is -3.64. The summed E-state index contributed by atoms with van der Waals surface area (Å²) in [7, 11) is 1.63. The highest BCUT2D eigenvalue weighted by Gasteiger charge is 2.36. The van der Waals surface area contributed by atoms with Gasteiger partial charge in [0, 0.05) is 24.7 Å². The Morgan fingerprint density at radius 3 is 2.43 bits per heavy atom. The zero-order chi connectivity index (χ0) is 26.4. The third-order valence-electron chi connectivity index (χ3n) is 6.99. The number of anilines is 1. The number of fused-ring (bicyclic) bond motifs is 1. The number of hydrogen-bond donors (Lipinski definition) is 1. The van der Waals surface area contributed by atoms with Gasteiger partial charge in [-0.2, -0.15) is 0 Å². The first-order chi connectivity index (χ1) is 18.0. The highest BCUT2D eigenvalue weighted by molar-refractivity contribution is 5.98. The number of methoxy groups -OCH3 is 1. The minimum absolute atomic E-state index is 0.0314. The van der Waals surface area contributed by atoms with E-state index >= 15 is 0 Å². The molecule has 0 aliphatic carbocycles. The van der Waals surface area contributed by atoms with Crippen molar-refractivity contribution in [2.24, 2.45) is 0 Å². The largest absolute Gasteiger partial charge is 0.493 e. The molecule has 1 aliphatic rings. The third kappa shape index (κ3) is 5.86. The maximum Gasteiger partial charge on any atom is 0.232 e. The fourth-order valence-electron chi connectivity index (χ4n) is 4.77. The van der Waals surface area contributed by atoms with Gasteiger partial charge >= 0.3 is 0 Å². The number of ether oxygens (including phenoxy) is 2. The molecule has 6 heteroatoms. The van der Waals surface area contributed by atoms with Crippen molar-refractivity contribution >= 4 is 17.9 Å². The molecule has 3 unspecified atom stereocenters. The Labute approximate surface area is 219 Å². The van der Waals surface area contributed by atoms with Gasteiger partial charge in [0.1, 0.15) is 6.29 Å². The number of aldehydes is 1. The summed E-state index contributed by atoms with van der Waals surface area (Å²) in [5.41, 5.74) is 4.97. The summed E-state index contributed by atoms with van der Waals surface area (Å²) < 4.78 is 11.9. The summed E-state index contributed by atoms with van der Waals surface area (Å²) in [6, 6.07) is 22.0. The quantitative estimate of drug-likeness (QED) is 0.267. The average molecular weight is 501 g/mol. The molecule has 6 nitrogen and oxygen atoms in total. The molecule has 0 saturated heterocycles. The van der Waals surface area contributed by atoms with Gasteiger partial charge in [-0.1, -0.05) is 49.4 Å². The zero-order valence-electron chi connectivity index (χ0n) is 22.1. The number of hydrogen-bond acceptors (Lipinski definition) is 5. The van der Waals surface area contributed by atoms with Crippen molar-refractivity contribution in [3.63, 3.8) is 0 Å². The number of rotatable bonds is 11. The molecule has 0 spiro atoms. The molecule has 3 aromatic carbocycles. The van der Waals surface area contributed by atoms with Crippen LogP contribution in [0.1, 0.15) is 68.0 Å². The van der Waals surface area contributed by atoms with Gasteiger partial charge < -0.3 is 24.5 Å². The first-order valence-electron chi connectivity index (χ1n) is 13.0. The number of amides is 1. The Morgan fingerprint density at radius 2 is 1.78 bits per heavy atom. The molecule has 1 amide bonds. The van der Waals surface area contributed by atoms with Gasteiger partial charge in [-0.15, -0.1) is 0 Å². The van der Waals surface area contributed by atoms with E-state index in [2.05, 4.69) is 31.3 Å². The molecule has 0 aromatic heterocycles. The van der Waals surface area contributed by atoms with Crippen LogP contribution in [-0.4, -0.2) is 32.0 Å². The monoisotopic (exact) mass is 500 g/mol. The van der Waals surface area contributed by atoms with Crippen LogP contribution in [0.5, 0.6) is 11.5 Å². The summed E-state index contributed by atoms with van der Waals surface area (Å²) >= 11 is 0. The van der Waals surface area contributed by atoms with Crippen LogP contribution in [0.2, 0.25) is 0 Å². The van der Waals surface area contributed by atoms with Gasteiger partial charge in [-0.3, -0.25) is 4.79 Å². The van der Waals surface area contributed by atoms with E-state index in [0.717, 1.165) is 40.6 Å². The fraction of sp³-hybridized carbons (Fsp3) is 0.355. The number of nitrogens with zero attached hydrogens (tertiary/aromatic N) is 1. The van der Waals surface area contributed by atoms with Crippen LogP contribution < -0.4 is 19.7 Å². The van der Waals surface area contributed by atoms with Crippen LogP contribution in [0.15, 0.2) is 66.7 Å². The van der Waals surface area contributed by atoms with E-state index in [9.17, 15) is 9.59 Å². The second kappa shape index (κ2) is 12.1. The van der Waals surface area contributed by atoms with Crippen molar-refractivity contribution in [1.82, 2.24) is 5.32 Å². The molecule has 194 valence electrons. The lowest BCUT2D eigenvalue weighted by molar-refractivity contribution is -0.118. The van der Waals surface area contributed by atoms with Crippen molar-refractivity contribution in [2.45, 2.75) is 58.2 Å². The third-order valence-corrected chi connectivity index (χ3v) is 6.99. The first kappa shape index (κ1) is 26.4. The summed E-state index contributed by atoms with van der Waals surface area (Å²) in [5.74, 6) is 1.37. The second-order valence-electron chi connectivity index (χ2n) is 9.52. The minimum Gasteiger partial charge on any atom is -0.493 e. The molecule has 4 rings (SSSR count). The van der Waals surface area contributed by atoms with Crippen LogP contribution in [0, 0.1) is 0 Å².